The fraction of sp³-hybridized carbons (Fsp3) is 0.500. The van der Waals surface area contributed by atoms with Crippen LogP contribution in [0.2, 0.25) is 0 Å². The van der Waals surface area contributed by atoms with Crippen molar-refractivity contribution in [3.05, 3.63) is 47.0 Å². The van der Waals surface area contributed by atoms with E-state index in [2.05, 4.69) is 20.5 Å². The Morgan fingerprint density at radius 2 is 2.04 bits per heavy atom. The number of aryl methyl sites for hydroxylation is 1. The molecular formula is C18H24N4O. The minimum Gasteiger partial charge on any atom is -0.352 e. The number of nitrogens with one attached hydrogen (secondary N) is 2. The molecular weight excluding hydrogens is 288 g/mol. The van der Waals surface area contributed by atoms with E-state index >= 15 is 0 Å². The van der Waals surface area contributed by atoms with E-state index in [4.69, 9.17) is 0 Å². The van der Waals surface area contributed by atoms with Crippen LogP contribution in [-0.2, 0) is 6.42 Å². The molecule has 0 spiro atoms. The summed E-state index contributed by atoms with van der Waals surface area (Å²) in [6, 6.07) is 7.62. The summed E-state index contributed by atoms with van der Waals surface area (Å²) in [6.07, 6.45) is 6.96. The first-order valence-corrected chi connectivity index (χ1v) is 8.49. The number of hydrogen-bond donors (Lipinski definition) is 2. The Morgan fingerprint density at radius 1 is 1.26 bits per heavy atom. The van der Waals surface area contributed by atoms with Gasteiger partial charge in [-0.15, -0.1) is 0 Å². The van der Waals surface area contributed by atoms with E-state index in [1.807, 2.05) is 31.2 Å². The number of hydrogen-bond acceptors (Lipinski definition) is 3. The second kappa shape index (κ2) is 7.40. The van der Waals surface area contributed by atoms with Gasteiger partial charge in [-0.2, -0.15) is 5.10 Å². The number of amides is 1. The summed E-state index contributed by atoms with van der Waals surface area (Å²) in [7, 11) is 0. The second-order valence-corrected chi connectivity index (χ2v) is 6.30. The van der Waals surface area contributed by atoms with E-state index in [1.165, 1.54) is 32.1 Å². The Morgan fingerprint density at radius 3 is 2.83 bits per heavy atom. The first-order chi connectivity index (χ1) is 11.2. The largest absolute Gasteiger partial charge is 0.352 e. The molecule has 0 atom stereocenters. The van der Waals surface area contributed by atoms with E-state index in [0.29, 0.717) is 18.9 Å². The molecule has 1 aromatic heterocycles. The van der Waals surface area contributed by atoms with Crippen LogP contribution >= 0.6 is 0 Å². The number of rotatable bonds is 5. The number of H-pyrrole nitrogens is 1. The maximum atomic E-state index is 12.2. The van der Waals surface area contributed by atoms with Crippen molar-refractivity contribution in [3.8, 4) is 0 Å². The third-order valence-corrected chi connectivity index (χ3v) is 4.56. The van der Waals surface area contributed by atoms with Crippen molar-refractivity contribution < 1.29 is 4.79 Å². The van der Waals surface area contributed by atoms with Gasteiger partial charge < -0.3 is 5.32 Å². The van der Waals surface area contributed by atoms with Gasteiger partial charge in [-0.3, -0.25) is 9.89 Å². The van der Waals surface area contributed by atoms with Gasteiger partial charge >= 0.3 is 0 Å². The average Bonchev–Trinajstić information content (AvgIpc) is 3.05. The number of aromatic amines is 1. The molecule has 5 nitrogen and oxygen atoms in total. The third-order valence-electron chi connectivity index (χ3n) is 4.56. The molecule has 1 aromatic carbocycles. The third kappa shape index (κ3) is 3.97. The molecule has 0 radical (unpaired) electrons. The lowest BCUT2D eigenvalue weighted by Gasteiger charge is -2.18. The molecule has 1 aliphatic rings. The Bertz CT molecular complexity index is 659. The number of aromatic nitrogens is 3. The molecule has 0 bridgehead atoms. The van der Waals surface area contributed by atoms with Crippen LogP contribution in [0.4, 0.5) is 0 Å². The molecule has 1 fully saturated rings. The van der Waals surface area contributed by atoms with Gasteiger partial charge in [0, 0.05) is 24.4 Å². The molecule has 122 valence electrons. The number of benzene rings is 1. The summed E-state index contributed by atoms with van der Waals surface area (Å²) in [5, 5.41) is 10.3. The highest BCUT2D eigenvalue weighted by molar-refractivity contribution is 5.95. The average molecular weight is 312 g/mol. The molecule has 1 aliphatic carbocycles. The number of nitrogens with zero attached hydrogens (tertiary/aromatic N) is 2. The van der Waals surface area contributed by atoms with Gasteiger partial charge in [0.1, 0.15) is 5.82 Å². The Kier molecular flexibility index (Phi) is 5.05. The van der Waals surface area contributed by atoms with Crippen LogP contribution in [0.15, 0.2) is 24.3 Å². The molecule has 23 heavy (non-hydrogen) atoms. The van der Waals surface area contributed by atoms with Crippen molar-refractivity contribution in [1.82, 2.24) is 20.5 Å². The van der Waals surface area contributed by atoms with Crippen molar-refractivity contribution in [2.45, 2.75) is 51.4 Å². The first kappa shape index (κ1) is 15.7. The molecule has 5 heteroatoms. The fourth-order valence-electron chi connectivity index (χ4n) is 3.18. The standard InChI is InChI=1S/C18H24N4O/c1-13-7-5-6-10-15(13)18(23)19-12-11-16-20-17(22-21-16)14-8-3-2-4-9-14/h5-7,10,14H,2-4,8-9,11-12H2,1H3,(H,19,23)(H,20,21,22). The van der Waals surface area contributed by atoms with Crippen LogP contribution < -0.4 is 5.32 Å². The quantitative estimate of drug-likeness (QED) is 0.891. The zero-order chi connectivity index (χ0) is 16.1. The molecule has 1 amide bonds. The molecule has 1 saturated carbocycles. The van der Waals surface area contributed by atoms with Crippen molar-refractivity contribution >= 4 is 5.91 Å². The van der Waals surface area contributed by atoms with E-state index in [0.717, 1.165) is 22.8 Å². The molecule has 2 aromatic rings. The molecule has 2 N–H and O–H groups in total. The Labute approximate surface area is 136 Å². The summed E-state index contributed by atoms with van der Waals surface area (Å²) in [5.41, 5.74) is 1.72. The van der Waals surface area contributed by atoms with Crippen molar-refractivity contribution in [2.75, 3.05) is 6.54 Å². The summed E-state index contributed by atoms with van der Waals surface area (Å²) in [5.74, 6) is 2.28. The van der Waals surface area contributed by atoms with Crippen LogP contribution in [0.3, 0.4) is 0 Å². The predicted molar refractivity (Wildman–Crippen MR) is 89.4 cm³/mol. The lowest BCUT2D eigenvalue weighted by molar-refractivity contribution is 0.0953. The van der Waals surface area contributed by atoms with Gasteiger partial charge in [-0.05, 0) is 31.4 Å². The highest BCUT2D eigenvalue weighted by Gasteiger charge is 2.19. The topological polar surface area (TPSA) is 70.7 Å². The summed E-state index contributed by atoms with van der Waals surface area (Å²) in [4.78, 5) is 16.8. The van der Waals surface area contributed by atoms with E-state index in [1.54, 1.807) is 0 Å². The van der Waals surface area contributed by atoms with Crippen LogP contribution in [0.25, 0.3) is 0 Å². The fourth-order valence-corrected chi connectivity index (χ4v) is 3.18. The smallest absolute Gasteiger partial charge is 0.251 e. The predicted octanol–water partition coefficient (Wildman–Crippen LogP) is 3.13. The van der Waals surface area contributed by atoms with Crippen molar-refractivity contribution in [1.29, 1.82) is 0 Å². The van der Waals surface area contributed by atoms with E-state index in [-0.39, 0.29) is 5.91 Å². The van der Waals surface area contributed by atoms with Gasteiger partial charge in [0.2, 0.25) is 0 Å². The van der Waals surface area contributed by atoms with Gasteiger partial charge in [0.05, 0.1) is 0 Å². The zero-order valence-electron chi connectivity index (χ0n) is 13.6. The molecule has 0 aliphatic heterocycles. The highest BCUT2D eigenvalue weighted by atomic mass is 16.1. The van der Waals surface area contributed by atoms with E-state index in [9.17, 15) is 4.79 Å². The maximum absolute atomic E-state index is 12.2. The van der Waals surface area contributed by atoms with E-state index < -0.39 is 0 Å². The normalized spacial score (nSPS) is 15.5. The lowest BCUT2D eigenvalue weighted by Crippen LogP contribution is -2.26. The van der Waals surface area contributed by atoms with Crippen molar-refractivity contribution in [3.63, 3.8) is 0 Å². The number of carbonyl (C=O) groups is 1. The Hall–Kier alpha value is -2.17. The molecule has 3 rings (SSSR count). The molecule has 0 unspecified atom stereocenters. The van der Waals surface area contributed by atoms with Crippen LogP contribution in [0, 0.1) is 6.92 Å². The summed E-state index contributed by atoms with van der Waals surface area (Å²) < 4.78 is 0. The van der Waals surface area contributed by atoms with Gasteiger partial charge in [0.15, 0.2) is 5.82 Å². The monoisotopic (exact) mass is 312 g/mol. The highest BCUT2D eigenvalue weighted by Crippen LogP contribution is 2.30. The van der Waals surface area contributed by atoms with Gasteiger partial charge in [-0.25, -0.2) is 4.98 Å². The molecule has 0 saturated heterocycles. The minimum absolute atomic E-state index is 0.0323. The van der Waals surface area contributed by atoms with Crippen LogP contribution in [0.1, 0.15) is 65.6 Å². The molecule has 1 heterocycles. The van der Waals surface area contributed by atoms with Crippen molar-refractivity contribution in [2.24, 2.45) is 0 Å². The summed E-state index contributed by atoms with van der Waals surface area (Å²) >= 11 is 0. The minimum atomic E-state index is -0.0323. The zero-order valence-corrected chi connectivity index (χ0v) is 13.6. The van der Waals surface area contributed by atoms with Crippen LogP contribution in [0.5, 0.6) is 0 Å². The Balaban J connectivity index is 1.50. The second-order valence-electron chi connectivity index (χ2n) is 6.30. The van der Waals surface area contributed by atoms with Crippen LogP contribution in [-0.4, -0.2) is 27.6 Å². The van der Waals surface area contributed by atoms with Gasteiger partial charge in [-0.1, -0.05) is 37.5 Å². The summed E-state index contributed by atoms with van der Waals surface area (Å²) in [6.45, 7) is 2.51. The SMILES string of the molecule is Cc1ccccc1C(=O)NCCc1nc(C2CCCCC2)n[nH]1. The van der Waals surface area contributed by atoms with Gasteiger partial charge in [0.25, 0.3) is 5.91 Å². The number of carbonyl (C=O) groups excluding carboxylic acids is 1. The lowest BCUT2D eigenvalue weighted by atomic mass is 9.89. The first-order valence-electron chi connectivity index (χ1n) is 8.49. The maximum Gasteiger partial charge on any atom is 0.251 e.